The maximum atomic E-state index is 4.56. The molecule has 4 heterocycles. The quantitative estimate of drug-likeness (QED) is 0.748. The van der Waals surface area contributed by atoms with Crippen LogP contribution in [0.1, 0.15) is 35.6 Å². The number of pyridine rings is 2. The molecule has 0 aromatic carbocycles. The number of nitrogens with one attached hydrogen (secondary N) is 1. The Morgan fingerprint density at radius 3 is 2.74 bits per heavy atom. The molecule has 6 heteroatoms. The molecule has 3 aromatic heterocycles. The van der Waals surface area contributed by atoms with E-state index in [-0.39, 0.29) is 0 Å². The molecule has 0 radical (unpaired) electrons. The Kier molecular flexibility index (Phi) is 5.34. The first-order valence-corrected chi connectivity index (χ1v) is 9.41. The summed E-state index contributed by atoms with van der Waals surface area (Å²) in [5, 5.41) is 3.18. The lowest BCUT2D eigenvalue weighted by Gasteiger charge is -2.33. The van der Waals surface area contributed by atoms with Gasteiger partial charge in [0.2, 0.25) is 5.95 Å². The van der Waals surface area contributed by atoms with E-state index in [1.54, 1.807) is 18.5 Å². The number of aryl methyl sites for hydroxylation is 1. The SMILES string of the molecule is Cc1cccnc1CN1CCC[C@@H](c2ccnc(Nc3ncccn3)c2)C1. The Balaban J connectivity index is 1.45. The zero-order valence-electron chi connectivity index (χ0n) is 15.5. The van der Waals surface area contributed by atoms with Crippen LogP contribution >= 0.6 is 0 Å². The van der Waals surface area contributed by atoms with Gasteiger partial charge < -0.3 is 5.32 Å². The molecule has 1 aliphatic heterocycles. The highest BCUT2D eigenvalue weighted by molar-refractivity contribution is 5.48. The van der Waals surface area contributed by atoms with Gasteiger partial charge in [0.15, 0.2) is 0 Å². The zero-order chi connectivity index (χ0) is 18.5. The van der Waals surface area contributed by atoms with Crippen molar-refractivity contribution in [1.29, 1.82) is 0 Å². The molecule has 27 heavy (non-hydrogen) atoms. The van der Waals surface area contributed by atoms with Crippen LogP contribution < -0.4 is 5.32 Å². The van der Waals surface area contributed by atoms with Crippen molar-refractivity contribution in [3.8, 4) is 0 Å². The highest BCUT2D eigenvalue weighted by Crippen LogP contribution is 2.29. The monoisotopic (exact) mass is 360 g/mol. The average molecular weight is 360 g/mol. The number of anilines is 2. The standard InChI is InChI=1S/C21H24N6/c1-16-5-2-8-22-19(16)15-27-12-3-6-18(14-27)17-7-11-23-20(13-17)26-21-24-9-4-10-25-21/h2,4-5,7-11,13,18H,3,6,12,14-15H2,1H3,(H,23,24,25,26)/t18-/m1/s1. The number of likely N-dealkylation sites (tertiary alicyclic amines) is 1. The minimum absolute atomic E-state index is 0.503. The van der Waals surface area contributed by atoms with Gasteiger partial charge in [-0.25, -0.2) is 15.0 Å². The van der Waals surface area contributed by atoms with Crippen LogP contribution in [0.3, 0.4) is 0 Å². The second kappa shape index (κ2) is 8.22. The van der Waals surface area contributed by atoms with Crippen LogP contribution in [0.25, 0.3) is 0 Å². The third-order valence-electron chi connectivity index (χ3n) is 5.06. The lowest BCUT2D eigenvalue weighted by molar-refractivity contribution is 0.198. The van der Waals surface area contributed by atoms with E-state index in [9.17, 15) is 0 Å². The van der Waals surface area contributed by atoms with Crippen LogP contribution in [0.4, 0.5) is 11.8 Å². The van der Waals surface area contributed by atoms with Gasteiger partial charge in [0, 0.05) is 37.9 Å². The molecule has 4 rings (SSSR count). The molecular weight excluding hydrogens is 336 g/mol. The highest BCUT2D eigenvalue weighted by Gasteiger charge is 2.22. The van der Waals surface area contributed by atoms with E-state index in [0.29, 0.717) is 11.9 Å². The highest BCUT2D eigenvalue weighted by atomic mass is 15.1. The fourth-order valence-corrected chi connectivity index (χ4v) is 3.61. The van der Waals surface area contributed by atoms with E-state index >= 15 is 0 Å². The van der Waals surface area contributed by atoms with Gasteiger partial charge in [-0.1, -0.05) is 6.07 Å². The van der Waals surface area contributed by atoms with Crippen molar-refractivity contribution in [3.63, 3.8) is 0 Å². The van der Waals surface area contributed by atoms with Gasteiger partial charge in [0.1, 0.15) is 5.82 Å². The summed E-state index contributed by atoms with van der Waals surface area (Å²) in [5.41, 5.74) is 3.75. The van der Waals surface area contributed by atoms with Gasteiger partial charge >= 0.3 is 0 Å². The Bertz CT molecular complexity index is 883. The molecule has 1 aliphatic rings. The number of nitrogens with zero attached hydrogens (tertiary/aromatic N) is 5. The van der Waals surface area contributed by atoms with E-state index in [2.05, 4.69) is 55.3 Å². The molecular formula is C21H24N6. The number of aromatic nitrogens is 4. The van der Waals surface area contributed by atoms with Gasteiger partial charge in [-0.2, -0.15) is 0 Å². The van der Waals surface area contributed by atoms with Crippen LogP contribution in [-0.4, -0.2) is 37.9 Å². The van der Waals surface area contributed by atoms with Gasteiger partial charge in [-0.05, 0) is 67.6 Å². The summed E-state index contributed by atoms with van der Waals surface area (Å²) in [6.45, 7) is 5.22. The van der Waals surface area contributed by atoms with Crippen molar-refractivity contribution < 1.29 is 0 Å². The van der Waals surface area contributed by atoms with Gasteiger partial charge in [0.05, 0.1) is 5.69 Å². The fraction of sp³-hybridized carbons (Fsp3) is 0.333. The molecule has 0 saturated carbocycles. The van der Waals surface area contributed by atoms with Crippen LogP contribution in [0.15, 0.2) is 55.1 Å². The average Bonchev–Trinajstić information content (AvgIpc) is 2.71. The molecule has 0 unspecified atom stereocenters. The molecule has 3 aromatic rings. The summed E-state index contributed by atoms with van der Waals surface area (Å²) in [6.07, 6.45) is 9.58. The first kappa shape index (κ1) is 17.5. The van der Waals surface area contributed by atoms with E-state index in [4.69, 9.17) is 0 Å². The van der Waals surface area contributed by atoms with Gasteiger partial charge in [-0.3, -0.25) is 9.88 Å². The Hall–Kier alpha value is -2.86. The van der Waals surface area contributed by atoms with Crippen molar-refractivity contribution in [2.45, 2.75) is 32.2 Å². The van der Waals surface area contributed by atoms with Gasteiger partial charge in [-0.15, -0.1) is 0 Å². The maximum Gasteiger partial charge on any atom is 0.228 e. The lowest BCUT2D eigenvalue weighted by atomic mass is 9.91. The normalized spacial score (nSPS) is 17.6. The van der Waals surface area contributed by atoms with Crippen molar-refractivity contribution in [2.24, 2.45) is 0 Å². The lowest BCUT2D eigenvalue weighted by Crippen LogP contribution is -2.34. The molecule has 1 N–H and O–H groups in total. The molecule has 1 saturated heterocycles. The summed E-state index contributed by atoms with van der Waals surface area (Å²) >= 11 is 0. The summed E-state index contributed by atoms with van der Waals surface area (Å²) in [6, 6.07) is 10.2. The number of rotatable bonds is 5. The predicted octanol–water partition coefficient (Wildman–Crippen LogP) is 3.70. The second-order valence-electron chi connectivity index (χ2n) is 7.01. The minimum atomic E-state index is 0.503. The minimum Gasteiger partial charge on any atom is -0.309 e. The number of piperidine rings is 1. The first-order valence-electron chi connectivity index (χ1n) is 9.41. The van der Waals surface area contributed by atoms with Crippen molar-refractivity contribution >= 4 is 11.8 Å². The topological polar surface area (TPSA) is 66.8 Å². The Morgan fingerprint density at radius 1 is 1.04 bits per heavy atom. The van der Waals surface area contributed by atoms with Crippen molar-refractivity contribution in [2.75, 3.05) is 18.4 Å². The van der Waals surface area contributed by atoms with Gasteiger partial charge in [0.25, 0.3) is 0 Å². The summed E-state index contributed by atoms with van der Waals surface area (Å²) in [4.78, 5) is 19.9. The molecule has 1 fully saturated rings. The van der Waals surface area contributed by atoms with Crippen LogP contribution in [-0.2, 0) is 6.54 Å². The summed E-state index contributed by atoms with van der Waals surface area (Å²) in [5.74, 6) is 1.86. The summed E-state index contributed by atoms with van der Waals surface area (Å²) < 4.78 is 0. The van der Waals surface area contributed by atoms with Crippen molar-refractivity contribution in [1.82, 2.24) is 24.8 Å². The molecule has 0 bridgehead atoms. The Labute approximate surface area is 159 Å². The Morgan fingerprint density at radius 2 is 1.89 bits per heavy atom. The molecule has 0 spiro atoms. The van der Waals surface area contributed by atoms with Crippen LogP contribution in [0, 0.1) is 6.92 Å². The van der Waals surface area contributed by atoms with E-state index in [1.165, 1.54) is 29.7 Å². The third-order valence-corrected chi connectivity index (χ3v) is 5.06. The third kappa shape index (κ3) is 4.46. The molecule has 0 amide bonds. The largest absolute Gasteiger partial charge is 0.309 e. The zero-order valence-corrected chi connectivity index (χ0v) is 15.5. The van der Waals surface area contributed by atoms with E-state index in [0.717, 1.165) is 25.5 Å². The molecule has 1 atom stereocenters. The first-order chi connectivity index (χ1) is 13.3. The van der Waals surface area contributed by atoms with Crippen LogP contribution in [0.2, 0.25) is 0 Å². The summed E-state index contributed by atoms with van der Waals surface area (Å²) in [7, 11) is 0. The molecule has 0 aliphatic carbocycles. The number of hydrogen-bond acceptors (Lipinski definition) is 6. The number of hydrogen-bond donors (Lipinski definition) is 1. The van der Waals surface area contributed by atoms with Crippen molar-refractivity contribution in [3.05, 3.63) is 71.9 Å². The molecule has 138 valence electrons. The maximum absolute atomic E-state index is 4.56. The smallest absolute Gasteiger partial charge is 0.228 e. The molecule has 6 nitrogen and oxygen atoms in total. The second-order valence-corrected chi connectivity index (χ2v) is 7.01. The fourth-order valence-electron chi connectivity index (χ4n) is 3.61. The predicted molar refractivity (Wildman–Crippen MR) is 106 cm³/mol. The van der Waals surface area contributed by atoms with Crippen LogP contribution in [0.5, 0.6) is 0 Å². The van der Waals surface area contributed by atoms with E-state index in [1.807, 2.05) is 18.5 Å². The van der Waals surface area contributed by atoms with E-state index < -0.39 is 0 Å².